The number of hydrogen-bond donors (Lipinski definition) is 1. The Labute approximate surface area is 136 Å². The van der Waals surface area contributed by atoms with Crippen molar-refractivity contribution in [2.75, 3.05) is 18.8 Å². The summed E-state index contributed by atoms with van der Waals surface area (Å²) < 4.78 is 5.49. The van der Waals surface area contributed by atoms with Gasteiger partial charge >= 0.3 is 0 Å². The number of piperidine rings is 1. The average molecular weight is 316 g/mol. The number of hydrogen-bond acceptors (Lipinski definition) is 7. The number of anilines is 1. The second-order valence-corrected chi connectivity index (χ2v) is 6.67. The van der Waals surface area contributed by atoms with Crippen molar-refractivity contribution in [2.45, 2.75) is 45.6 Å². The Kier molecular flexibility index (Phi) is 4.85. The van der Waals surface area contributed by atoms with Gasteiger partial charge in [0.2, 0.25) is 11.8 Å². The summed E-state index contributed by atoms with van der Waals surface area (Å²) >= 11 is 0. The molecule has 0 radical (unpaired) electrons. The number of likely N-dealkylation sites (tertiary alicyclic amines) is 1. The Balaban J connectivity index is 1.61. The molecule has 23 heavy (non-hydrogen) atoms. The predicted molar refractivity (Wildman–Crippen MR) is 86.5 cm³/mol. The fourth-order valence-corrected chi connectivity index (χ4v) is 2.99. The third kappa shape index (κ3) is 4.25. The summed E-state index contributed by atoms with van der Waals surface area (Å²) in [6.45, 7) is 7.13. The van der Waals surface area contributed by atoms with Gasteiger partial charge in [0.25, 0.3) is 0 Å². The van der Waals surface area contributed by atoms with Gasteiger partial charge in [-0.05, 0) is 25.3 Å². The van der Waals surface area contributed by atoms with E-state index in [4.69, 9.17) is 10.3 Å². The SMILES string of the molecule is CC(C)Cc1noc([C@@H]2CCCN(Cc3cnc(N)nc3)C2)n1. The highest BCUT2D eigenvalue weighted by molar-refractivity contribution is 5.17. The maximum absolute atomic E-state index is 5.53. The van der Waals surface area contributed by atoms with Crippen molar-refractivity contribution in [1.29, 1.82) is 0 Å². The molecule has 1 aliphatic heterocycles. The highest BCUT2D eigenvalue weighted by Gasteiger charge is 2.26. The monoisotopic (exact) mass is 316 g/mol. The molecule has 1 atom stereocenters. The molecule has 2 N–H and O–H groups in total. The van der Waals surface area contributed by atoms with E-state index in [9.17, 15) is 0 Å². The fourth-order valence-electron chi connectivity index (χ4n) is 2.99. The lowest BCUT2D eigenvalue weighted by Crippen LogP contribution is -2.34. The van der Waals surface area contributed by atoms with Crippen molar-refractivity contribution in [3.63, 3.8) is 0 Å². The molecule has 2 aromatic rings. The van der Waals surface area contributed by atoms with E-state index >= 15 is 0 Å². The summed E-state index contributed by atoms with van der Waals surface area (Å²) in [5.41, 5.74) is 6.61. The molecule has 3 rings (SSSR count). The van der Waals surface area contributed by atoms with Gasteiger partial charge in [-0.3, -0.25) is 4.90 Å². The van der Waals surface area contributed by atoms with Gasteiger partial charge in [0.15, 0.2) is 5.82 Å². The highest BCUT2D eigenvalue weighted by Crippen LogP contribution is 2.26. The van der Waals surface area contributed by atoms with Crippen LogP contribution in [0.15, 0.2) is 16.9 Å². The Morgan fingerprint density at radius 3 is 2.87 bits per heavy atom. The molecule has 0 bridgehead atoms. The zero-order chi connectivity index (χ0) is 16.2. The molecule has 1 saturated heterocycles. The lowest BCUT2D eigenvalue weighted by atomic mass is 9.97. The van der Waals surface area contributed by atoms with Gasteiger partial charge in [0, 0.05) is 37.5 Å². The van der Waals surface area contributed by atoms with Crippen LogP contribution in [0.5, 0.6) is 0 Å². The fraction of sp³-hybridized carbons (Fsp3) is 0.625. The van der Waals surface area contributed by atoms with Gasteiger partial charge in [0.05, 0.1) is 5.92 Å². The number of aromatic nitrogens is 4. The van der Waals surface area contributed by atoms with Crippen LogP contribution in [0.25, 0.3) is 0 Å². The molecule has 7 heteroatoms. The first kappa shape index (κ1) is 15.9. The summed E-state index contributed by atoms with van der Waals surface area (Å²) in [6.07, 6.45) is 6.67. The van der Waals surface area contributed by atoms with Gasteiger partial charge in [-0.2, -0.15) is 4.98 Å². The smallest absolute Gasteiger partial charge is 0.231 e. The third-order valence-electron chi connectivity index (χ3n) is 4.06. The zero-order valence-corrected chi connectivity index (χ0v) is 13.8. The summed E-state index contributed by atoms with van der Waals surface area (Å²) in [7, 11) is 0. The molecule has 0 amide bonds. The van der Waals surface area contributed by atoms with E-state index in [1.54, 1.807) is 12.4 Å². The van der Waals surface area contributed by atoms with E-state index in [0.29, 0.717) is 17.8 Å². The minimum absolute atomic E-state index is 0.312. The van der Waals surface area contributed by atoms with E-state index in [1.807, 2.05) is 0 Å². The van der Waals surface area contributed by atoms with Crippen molar-refractivity contribution in [2.24, 2.45) is 5.92 Å². The molecule has 1 fully saturated rings. The lowest BCUT2D eigenvalue weighted by molar-refractivity contribution is 0.180. The first-order chi connectivity index (χ1) is 11.1. The van der Waals surface area contributed by atoms with Crippen molar-refractivity contribution in [1.82, 2.24) is 25.0 Å². The Morgan fingerprint density at radius 1 is 1.35 bits per heavy atom. The number of nitrogen functional groups attached to an aromatic ring is 1. The van der Waals surface area contributed by atoms with Crippen LogP contribution in [0, 0.1) is 5.92 Å². The summed E-state index contributed by atoms with van der Waals surface area (Å²) in [5, 5.41) is 4.11. The minimum atomic E-state index is 0.312. The summed E-state index contributed by atoms with van der Waals surface area (Å²) in [6, 6.07) is 0. The number of nitrogens with zero attached hydrogens (tertiary/aromatic N) is 5. The van der Waals surface area contributed by atoms with Gasteiger partial charge in [0.1, 0.15) is 0 Å². The molecule has 7 nitrogen and oxygen atoms in total. The van der Waals surface area contributed by atoms with E-state index < -0.39 is 0 Å². The van der Waals surface area contributed by atoms with Crippen molar-refractivity contribution >= 4 is 5.95 Å². The minimum Gasteiger partial charge on any atom is -0.368 e. The zero-order valence-electron chi connectivity index (χ0n) is 13.8. The van der Waals surface area contributed by atoms with Crippen LogP contribution in [-0.2, 0) is 13.0 Å². The number of nitrogens with two attached hydrogens (primary N) is 1. The molecule has 0 aromatic carbocycles. The maximum Gasteiger partial charge on any atom is 0.231 e. The van der Waals surface area contributed by atoms with Gasteiger partial charge in [-0.15, -0.1) is 0 Å². The third-order valence-corrected chi connectivity index (χ3v) is 4.06. The van der Waals surface area contributed by atoms with E-state index in [2.05, 4.69) is 38.9 Å². The Bertz CT molecular complexity index is 624. The second kappa shape index (κ2) is 7.04. The van der Waals surface area contributed by atoms with Gasteiger partial charge in [-0.25, -0.2) is 9.97 Å². The predicted octanol–water partition coefficient (Wildman–Crippen LogP) is 2.02. The van der Waals surface area contributed by atoms with Gasteiger partial charge < -0.3 is 10.3 Å². The van der Waals surface area contributed by atoms with Crippen LogP contribution in [0.4, 0.5) is 5.95 Å². The topological polar surface area (TPSA) is 94.0 Å². The van der Waals surface area contributed by atoms with Crippen LogP contribution in [-0.4, -0.2) is 38.1 Å². The largest absolute Gasteiger partial charge is 0.368 e. The van der Waals surface area contributed by atoms with Crippen molar-refractivity contribution < 1.29 is 4.52 Å². The Morgan fingerprint density at radius 2 is 2.13 bits per heavy atom. The van der Waals surface area contributed by atoms with Crippen LogP contribution in [0.1, 0.15) is 49.9 Å². The number of rotatable bonds is 5. The van der Waals surface area contributed by atoms with Gasteiger partial charge in [-0.1, -0.05) is 19.0 Å². The molecular weight excluding hydrogens is 292 g/mol. The highest BCUT2D eigenvalue weighted by atomic mass is 16.5. The van der Waals surface area contributed by atoms with E-state index in [1.165, 1.54) is 0 Å². The standard InChI is InChI=1S/C16H24N6O/c1-11(2)6-14-20-15(23-21-14)13-4-3-5-22(10-13)9-12-7-18-16(17)19-8-12/h7-8,11,13H,3-6,9-10H2,1-2H3,(H2,17,18,19)/t13-/m1/s1. The summed E-state index contributed by atoms with van der Waals surface area (Å²) in [5.74, 6) is 2.76. The molecule has 2 aromatic heterocycles. The molecule has 0 spiro atoms. The first-order valence-electron chi connectivity index (χ1n) is 8.21. The first-order valence-corrected chi connectivity index (χ1v) is 8.21. The van der Waals surface area contributed by atoms with Crippen molar-refractivity contribution in [3.8, 4) is 0 Å². The maximum atomic E-state index is 5.53. The van der Waals surface area contributed by atoms with Crippen LogP contribution in [0.2, 0.25) is 0 Å². The molecule has 0 saturated carbocycles. The van der Waals surface area contributed by atoms with Crippen LogP contribution >= 0.6 is 0 Å². The van der Waals surface area contributed by atoms with Crippen LogP contribution in [0.3, 0.4) is 0 Å². The normalized spacial score (nSPS) is 19.3. The van der Waals surface area contributed by atoms with Crippen molar-refractivity contribution in [3.05, 3.63) is 29.7 Å². The molecule has 124 valence electrons. The molecule has 0 unspecified atom stereocenters. The second-order valence-electron chi connectivity index (χ2n) is 6.67. The molecule has 0 aliphatic carbocycles. The molecule has 3 heterocycles. The van der Waals surface area contributed by atoms with E-state index in [-0.39, 0.29) is 0 Å². The molecular formula is C16H24N6O. The average Bonchev–Trinajstić information content (AvgIpc) is 2.98. The molecule has 1 aliphatic rings. The Hall–Kier alpha value is -2.02. The lowest BCUT2D eigenvalue weighted by Gasteiger charge is -2.30. The summed E-state index contributed by atoms with van der Waals surface area (Å²) in [4.78, 5) is 15.1. The quantitative estimate of drug-likeness (QED) is 0.901. The van der Waals surface area contributed by atoms with Crippen LogP contribution < -0.4 is 5.73 Å². The van der Waals surface area contributed by atoms with E-state index in [0.717, 1.165) is 56.2 Å².